The van der Waals surface area contributed by atoms with Gasteiger partial charge in [-0.05, 0) is 37.5 Å². The van der Waals surface area contributed by atoms with Gasteiger partial charge in [0.1, 0.15) is 0 Å². The molecule has 0 aliphatic heterocycles. The van der Waals surface area contributed by atoms with Crippen molar-refractivity contribution in [2.45, 2.75) is 64.8 Å². The number of carbonyl (C=O) groups is 1. The predicted molar refractivity (Wildman–Crippen MR) is 77.2 cm³/mol. The van der Waals surface area contributed by atoms with Crippen molar-refractivity contribution in [2.24, 2.45) is 16.6 Å². The Labute approximate surface area is 115 Å². The van der Waals surface area contributed by atoms with Gasteiger partial charge < -0.3 is 11.1 Å². The summed E-state index contributed by atoms with van der Waals surface area (Å²) in [6.45, 7) is 4.55. The average Bonchev–Trinajstić information content (AvgIpc) is 2.12. The molecule has 18 heavy (non-hydrogen) atoms. The number of thiocarbonyl (C=S) groups is 1. The van der Waals surface area contributed by atoms with Gasteiger partial charge in [0.15, 0.2) is 0 Å². The van der Waals surface area contributed by atoms with Crippen LogP contribution in [0.4, 0.5) is 0 Å². The smallest absolute Gasteiger partial charge is 0.233 e. The Balaban J connectivity index is 1.97. The summed E-state index contributed by atoms with van der Waals surface area (Å²) >= 11 is 5.09. The standard InChI is InChI=1S/C14H24N2OS/c1-13(2)6-3-5-10(9-13)16-12(17)14(11(15)18)7-4-8-14/h10H,3-9H2,1-2H3,(H2,15,18)(H,16,17). The van der Waals surface area contributed by atoms with Gasteiger partial charge in [-0.3, -0.25) is 4.79 Å². The summed E-state index contributed by atoms with van der Waals surface area (Å²) in [7, 11) is 0. The first-order valence-electron chi connectivity index (χ1n) is 6.97. The Morgan fingerprint density at radius 2 is 1.94 bits per heavy atom. The lowest BCUT2D eigenvalue weighted by atomic mass is 9.67. The summed E-state index contributed by atoms with van der Waals surface area (Å²) in [4.78, 5) is 12.8. The molecule has 0 radical (unpaired) electrons. The van der Waals surface area contributed by atoms with Crippen molar-refractivity contribution in [1.29, 1.82) is 0 Å². The lowest BCUT2D eigenvalue weighted by Gasteiger charge is -2.42. The van der Waals surface area contributed by atoms with Crippen LogP contribution < -0.4 is 11.1 Å². The first-order chi connectivity index (χ1) is 8.36. The molecule has 102 valence electrons. The Morgan fingerprint density at radius 1 is 1.28 bits per heavy atom. The number of nitrogens with one attached hydrogen (secondary N) is 1. The van der Waals surface area contributed by atoms with Gasteiger partial charge in [0, 0.05) is 6.04 Å². The second kappa shape index (κ2) is 4.80. The highest BCUT2D eigenvalue weighted by atomic mass is 32.1. The molecular formula is C14H24N2OS. The fourth-order valence-electron chi connectivity index (χ4n) is 3.26. The minimum Gasteiger partial charge on any atom is -0.392 e. The Morgan fingerprint density at radius 3 is 2.39 bits per heavy atom. The van der Waals surface area contributed by atoms with Crippen molar-refractivity contribution in [1.82, 2.24) is 5.32 Å². The van der Waals surface area contributed by atoms with E-state index in [0.717, 1.165) is 32.1 Å². The molecule has 2 aliphatic carbocycles. The van der Waals surface area contributed by atoms with Crippen LogP contribution in [0.25, 0.3) is 0 Å². The van der Waals surface area contributed by atoms with Crippen LogP contribution in [-0.2, 0) is 4.79 Å². The number of hydrogen-bond acceptors (Lipinski definition) is 2. The van der Waals surface area contributed by atoms with Crippen LogP contribution >= 0.6 is 12.2 Å². The van der Waals surface area contributed by atoms with Crippen molar-refractivity contribution < 1.29 is 4.79 Å². The largest absolute Gasteiger partial charge is 0.392 e. The fraction of sp³-hybridized carbons (Fsp3) is 0.857. The van der Waals surface area contributed by atoms with E-state index < -0.39 is 5.41 Å². The molecule has 1 atom stereocenters. The Hall–Kier alpha value is -0.640. The maximum atomic E-state index is 12.4. The van der Waals surface area contributed by atoms with Gasteiger partial charge in [0.25, 0.3) is 0 Å². The fourth-order valence-corrected chi connectivity index (χ4v) is 3.56. The monoisotopic (exact) mass is 268 g/mol. The normalized spacial score (nSPS) is 29.1. The van der Waals surface area contributed by atoms with Crippen LogP contribution in [0.1, 0.15) is 58.8 Å². The third-order valence-corrected chi connectivity index (χ3v) is 5.04. The highest BCUT2D eigenvalue weighted by Crippen LogP contribution is 2.42. The molecule has 4 heteroatoms. The summed E-state index contributed by atoms with van der Waals surface area (Å²) in [5.41, 5.74) is 5.57. The minimum atomic E-state index is -0.531. The zero-order valence-electron chi connectivity index (χ0n) is 11.4. The summed E-state index contributed by atoms with van der Waals surface area (Å²) in [5, 5.41) is 3.19. The van der Waals surface area contributed by atoms with Crippen molar-refractivity contribution >= 4 is 23.1 Å². The first-order valence-corrected chi connectivity index (χ1v) is 7.37. The molecule has 0 saturated heterocycles. The molecule has 2 saturated carbocycles. The van der Waals surface area contributed by atoms with Crippen LogP contribution in [0.3, 0.4) is 0 Å². The topological polar surface area (TPSA) is 55.1 Å². The van der Waals surface area contributed by atoms with E-state index in [1.807, 2.05) is 0 Å². The molecule has 0 spiro atoms. The molecule has 2 aliphatic rings. The summed E-state index contributed by atoms with van der Waals surface area (Å²) in [6.07, 6.45) is 7.29. The minimum absolute atomic E-state index is 0.0731. The molecule has 1 unspecified atom stereocenters. The van der Waals surface area contributed by atoms with E-state index in [2.05, 4.69) is 19.2 Å². The molecule has 2 fully saturated rings. The first kappa shape index (κ1) is 13.8. The average molecular weight is 268 g/mol. The molecule has 0 bridgehead atoms. The lowest BCUT2D eigenvalue weighted by molar-refractivity contribution is -0.132. The third-order valence-electron chi connectivity index (χ3n) is 4.65. The SMILES string of the molecule is CC1(C)CCCC(NC(=O)C2(C(N)=S)CCC2)C1. The molecule has 1 amide bonds. The van der Waals surface area contributed by atoms with Crippen molar-refractivity contribution in [3.63, 3.8) is 0 Å². The number of hydrogen-bond donors (Lipinski definition) is 2. The Kier molecular flexibility index (Phi) is 3.67. The molecule has 0 aromatic rings. The molecule has 0 aromatic carbocycles. The Bertz CT molecular complexity index is 361. The van der Waals surface area contributed by atoms with Gasteiger partial charge in [-0.1, -0.05) is 38.9 Å². The van der Waals surface area contributed by atoms with Crippen molar-refractivity contribution in [3.05, 3.63) is 0 Å². The molecule has 0 heterocycles. The van der Waals surface area contributed by atoms with Crippen molar-refractivity contribution in [2.75, 3.05) is 0 Å². The highest BCUT2D eigenvalue weighted by molar-refractivity contribution is 7.80. The van der Waals surface area contributed by atoms with Gasteiger partial charge in [-0.25, -0.2) is 0 Å². The summed E-state index contributed by atoms with van der Waals surface area (Å²) < 4.78 is 0. The number of rotatable bonds is 3. The number of carbonyl (C=O) groups excluding carboxylic acids is 1. The maximum absolute atomic E-state index is 12.4. The van der Waals surface area contributed by atoms with E-state index >= 15 is 0 Å². The number of amides is 1. The molecular weight excluding hydrogens is 244 g/mol. The third kappa shape index (κ3) is 2.53. The van der Waals surface area contributed by atoms with Gasteiger partial charge in [-0.2, -0.15) is 0 Å². The quantitative estimate of drug-likeness (QED) is 0.773. The van der Waals surface area contributed by atoms with E-state index in [9.17, 15) is 4.79 Å². The maximum Gasteiger partial charge on any atom is 0.233 e. The summed E-state index contributed by atoms with van der Waals surface area (Å²) in [5.74, 6) is 0.0731. The predicted octanol–water partition coefficient (Wildman–Crippen LogP) is 2.53. The molecule has 3 N–H and O–H groups in total. The molecule has 0 aromatic heterocycles. The van der Waals surface area contributed by atoms with Crippen LogP contribution in [0.15, 0.2) is 0 Å². The summed E-state index contributed by atoms with van der Waals surface area (Å²) in [6, 6.07) is 0.299. The zero-order valence-corrected chi connectivity index (χ0v) is 12.2. The van der Waals surface area contributed by atoms with E-state index in [1.165, 1.54) is 12.8 Å². The van der Waals surface area contributed by atoms with Gasteiger partial charge in [0.05, 0.1) is 10.4 Å². The van der Waals surface area contributed by atoms with Crippen molar-refractivity contribution in [3.8, 4) is 0 Å². The van der Waals surface area contributed by atoms with E-state index in [4.69, 9.17) is 18.0 Å². The van der Waals surface area contributed by atoms with Crippen LogP contribution in [-0.4, -0.2) is 16.9 Å². The highest BCUT2D eigenvalue weighted by Gasteiger charge is 2.47. The van der Waals surface area contributed by atoms with Gasteiger partial charge >= 0.3 is 0 Å². The number of nitrogens with two attached hydrogens (primary N) is 1. The van der Waals surface area contributed by atoms with Gasteiger partial charge in [0.2, 0.25) is 5.91 Å². The van der Waals surface area contributed by atoms with Crippen LogP contribution in [0.2, 0.25) is 0 Å². The van der Waals surface area contributed by atoms with E-state index in [1.54, 1.807) is 0 Å². The second-order valence-corrected chi connectivity index (χ2v) is 7.17. The molecule has 3 nitrogen and oxygen atoms in total. The van der Waals surface area contributed by atoms with E-state index in [-0.39, 0.29) is 5.91 Å². The zero-order chi connectivity index (χ0) is 13.4. The van der Waals surface area contributed by atoms with Gasteiger partial charge in [-0.15, -0.1) is 0 Å². The molecule has 2 rings (SSSR count). The van der Waals surface area contributed by atoms with Crippen LogP contribution in [0.5, 0.6) is 0 Å². The lowest BCUT2D eigenvalue weighted by Crippen LogP contribution is -2.56. The second-order valence-electron chi connectivity index (χ2n) is 6.73. The van der Waals surface area contributed by atoms with E-state index in [0.29, 0.717) is 16.4 Å². The van der Waals surface area contributed by atoms with Crippen LogP contribution in [0, 0.1) is 10.8 Å².